The number of nitrogens with zero attached hydrogens (tertiary/aromatic N) is 2. The topological polar surface area (TPSA) is 6.48 Å². The molecule has 19 heavy (non-hydrogen) atoms. The quantitative estimate of drug-likeness (QED) is 0.836. The standard InChI is InChI=1S/C15H22BrFN2/c1-12(2)10-18-5-7-19(8-6-18)11-13-9-14(16)3-4-15(13)17/h3-4,9,12H,5-8,10-11H2,1-2H3. The molecule has 1 saturated heterocycles. The second-order valence-electron chi connectivity index (χ2n) is 5.71. The van der Waals surface area contributed by atoms with Gasteiger partial charge in [-0.2, -0.15) is 0 Å². The van der Waals surface area contributed by atoms with Crippen LogP contribution >= 0.6 is 15.9 Å². The predicted molar refractivity (Wildman–Crippen MR) is 80.7 cm³/mol. The van der Waals surface area contributed by atoms with Crippen LogP contribution in [0, 0.1) is 11.7 Å². The minimum atomic E-state index is -0.104. The summed E-state index contributed by atoms with van der Waals surface area (Å²) in [5, 5.41) is 0. The van der Waals surface area contributed by atoms with Gasteiger partial charge in [-0.1, -0.05) is 29.8 Å². The minimum Gasteiger partial charge on any atom is -0.301 e. The van der Waals surface area contributed by atoms with Crippen LogP contribution in [0.25, 0.3) is 0 Å². The number of hydrogen-bond donors (Lipinski definition) is 0. The van der Waals surface area contributed by atoms with Gasteiger partial charge in [-0.3, -0.25) is 4.90 Å². The molecule has 4 heteroatoms. The first-order chi connectivity index (χ1) is 9.04. The van der Waals surface area contributed by atoms with Crippen molar-refractivity contribution in [3.8, 4) is 0 Å². The molecule has 0 amide bonds. The lowest BCUT2D eigenvalue weighted by Crippen LogP contribution is -2.46. The summed E-state index contributed by atoms with van der Waals surface area (Å²) < 4.78 is 14.7. The van der Waals surface area contributed by atoms with Crippen LogP contribution in [0.5, 0.6) is 0 Å². The lowest BCUT2D eigenvalue weighted by atomic mass is 10.1. The molecular formula is C15H22BrFN2. The van der Waals surface area contributed by atoms with Crippen molar-refractivity contribution in [2.45, 2.75) is 20.4 Å². The largest absolute Gasteiger partial charge is 0.301 e. The maximum Gasteiger partial charge on any atom is 0.127 e. The Bertz CT molecular complexity index is 415. The molecule has 0 saturated carbocycles. The van der Waals surface area contributed by atoms with Gasteiger partial charge in [-0.25, -0.2) is 4.39 Å². The fraction of sp³-hybridized carbons (Fsp3) is 0.600. The molecule has 0 bridgehead atoms. The summed E-state index contributed by atoms with van der Waals surface area (Å²) in [7, 11) is 0. The fourth-order valence-electron chi connectivity index (χ4n) is 2.55. The Morgan fingerprint density at radius 2 is 1.79 bits per heavy atom. The van der Waals surface area contributed by atoms with Crippen molar-refractivity contribution in [1.29, 1.82) is 0 Å². The second kappa shape index (κ2) is 6.82. The van der Waals surface area contributed by atoms with Crippen molar-refractivity contribution >= 4 is 15.9 Å². The molecule has 0 aliphatic carbocycles. The van der Waals surface area contributed by atoms with E-state index in [0.29, 0.717) is 12.5 Å². The van der Waals surface area contributed by atoms with Gasteiger partial charge in [0, 0.05) is 49.3 Å². The van der Waals surface area contributed by atoms with E-state index in [0.717, 1.165) is 36.2 Å². The summed E-state index contributed by atoms with van der Waals surface area (Å²) in [5.41, 5.74) is 0.784. The van der Waals surface area contributed by atoms with Crippen molar-refractivity contribution in [1.82, 2.24) is 9.80 Å². The van der Waals surface area contributed by atoms with Crippen LogP contribution in [0.3, 0.4) is 0 Å². The Hall–Kier alpha value is -0.450. The van der Waals surface area contributed by atoms with Crippen LogP contribution < -0.4 is 0 Å². The first-order valence-electron chi connectivity index (χ1n) is 6.93. The summed E-state index contributed by atoms with van der Waals surface area (Å²) >= 11 is 3.40. The SMILES string of the molecule is CC(C)CN1CCN(Cc2cc(Br)ccc2F)CC1. The summed E-state index contributed by atoms with van der Waals surface area (Å²) in [6, 6.07) is 5.17. The van der Waals surface area contributed by atoms with Crippen molar-refractivity contribution in [3.63, 3.8) is 0 Å². The molecule has 0 N–H and O–H groups in total. The van der Waals surface area contributed by atoms with Gasteiger partial charge in [0.15, 0.2) is 0 Å². The zero-order valence-electron chi connectivity index (χ0n) is 11.7. The fourth-order valence-corrected chi connectivity index (χ4v) is 2.96. The summed E-state index contributed by atoms with van der Waals surface area (Å²) in [6.07, 6.45) is 0. The van der Waals surface area contributed by atoms with Gasteiger partial charge in [0.1, 0.15) is 5.82 Å². The third-order valence-electron chi connectivity index (χ3n) is 3.49. The van der Waals surface area contributed by atoms with Crippen LogP contribution in [-0.4, -0.2) is 42.5 Å². The molecule has 1 aliphatic heterocycles. The van der Waals surface area contributed by atoms with E-state index in [1.165, 1.54) is 12.6 Å². The highest BCUT2D eigenvalue weighted by molar-refractivity contribution is 9.10. The van der Waals surface area contributed by atoms with Crippen LogP contribution in [0.15, 0.2) is 22.7 Å². The maximum atomic E-state index is 13.7. The van der Waals surface area contributed by atoms with E-state index in [-0.39, 0.29) is 5.82 Å². The van der Waals surface area contributed by atoms with E-state index in [1.807, 2.05) is 6.07 Å². The predicted octanol–water partition coefficient (Wildman–Crippen LogP) is 3.36. The molecule has 0 radical (unpaired) electrons. The molecule has 1 aliphatic rings. The molecule has 0 unspecified atom stereocenters. The lowest BCUT2D eigenvalue weighted by molar-refractivity contribution is 0.116. The van der Waals surface area contributed by atoms with E-state index in [1.54, 1.807) is 6.07 Å². The maximum absolute atomic E-state index is 13.7. The van der Waals surface area contributed by atoms with Crippen LogP contribution in [-0.2, 0) is 6.54 Å². The number of rotatable bonds is 4. The molecule has 1 aromatic carbocycles. The van der Waals surface area contributed by atoms with Gasteiger partial charge < -0.3 is 4.90 Å². The molecule has 2 nitrogen and oxygen atoms in total. The molecule has 0 atom stereocenters. The summed E-state index contributed by atoms with van der Waals surface area (Å²) in [6.45, 7) is 10.6. The molecule has 2 rings (SSSR count). The zero-order valence-corrected chi connectivity index (χ0v) is 13.3. The number of halogens is 2. The Morgan fingerprint density at radius 1 is 1.16 bits per heavy atom. The molecule has 1 aromatic rings. The van der Waals surface area contributed by atoms with Crippen molar-refractivity contribution in [2.24, 2.45) is 5.92 Å². The lowest BCUT2D eigenvalue weighted by Gasteiger charge is -2.35. The van der Waals surface area contributed by atoms with Gasteiger partial charge >= 0.3 is 0 Å². The molecule has 0 aromatic heterocycles. The van der Waals surface area contributed by atoms with Crippen molar-refractivity contribution in [2.75, 3.05) is 32.7 Å². The van der Waals surface area contributed by atoms with E-state index in [9.17, 15) is 4.39 Å². The van der Waals surface area contributed by atoms with Gasteiger partial charge in [-0.05, 0) is 24.1 Å². The smallest absolute Gasteiger partial charge is 0.127 e. The highest BCUT2D eigenvalue weighted by Gasteiger charge is 2.18. The normalized spacial score (nSPS) is 18.2. The summed E-state index contributed by atoms with van der Waals surface area (Å²) in [4.78, 5) is 4.83. The summed E-state index contributed by atoms with van der Waals surface area (Å²) in [5.74, 6) is 0.613. The van der Waals surface area contributed by atoms with E-state index < -0.39 is 0 Å². The zero-order chi connectivity index (χ0) is 13.8. The molecule has 106 valence electrons. The average molecular weight is 329 g/mol. The Kier molecular flexibility index (Phi) is 5.37. The molecule has 1 fully saturated rings. The third-order valence-corrected chi connectivity index (χ3v) is 3.98. The van der Waals surface area contributed by atoms with Crippen LogP contribution in [0.2, 0.25) is 0 Å². The monoisotopic (exact) mass is 328 g/mol. The highest BCUT2D eigenvalue weighted by Crippen LogP contribution is 2.18. The second-order valence-corrected chi connectivity index (χ2v) is 6.62. The van der Waals surface area contributed by atoms with Gasteiger partial charge in [0.25, 0.3) is 0 Å². The number of benzene rings is 1. The van der Waals surface area contributed by atoms with Crippen molar-refractivity contribution in [3.05, 3.63) is 34.1 Å². The van der Waals surface area contributed by atoms with Crippen molar-refractivity contribution < 1.29 is 4.39 Å². The number of piperazine rings is 1. The first kappa shape index (κ1) is 14.9. The Balaban J connectivity index is 1.87. The van der Waals surface area contributed by atoms with E-state index >= 15 is 0 Å². The highest BCUT2D eigenvalue weighted by atomic mass is 79.9. The van der Waals surface area contributed by atoms with E-state index in [4.69, 9.17) is 0 Å². The third kappa shape index (κ3) is 4.55. The number of hydrogen-bond acceptors (Lipinski definition) is 2. The van der Waals surface area contributed by atoms with E-state index in [2.05, 4.69) is 39.6 Å². The van der Waals surface area contributed by atoms with Crippen LogP contribution in [0.1, 0.15) is 19.4 Å². The van der Waals surface area contributed by atoms with Gasteiger partial charge in [-0.15, -0.1) is 0 Å². The van der Waals surface area contributed by atoms with Gasteiger partial charge in [0.05, 0.1) is 0 Å². The Labute approximate surface area is 123 Å². The first-order valence-corrected chi connectivity index (χ1v) is 7.72. The molecular weight excluding hydrogens is 307 g/mol. The average Bonchev–Trinajstić information content (AvgIpc) is 2.35. The van der Waals surface area contributed by atoms with Gasteiger partial charge in [0.2, 0.25) is 0 Å². The minimum absolute atomic E-state index is 0.104. The van der Waals surface area contributed by atoms with Crippen LogP contribution in [0.4, 0.5) is 4.39 Å². The Morgan fingerprint density at radius 3 is 2.42 bits per heavy atom. The molecule has 1 heterocycles. The molecule has 0 spiro atoms.